The third-order valence-corrected chi connectivity index (χ3v) is 3.08. The van der Waals surface area contributed by atoms with Crippen LogP contribution in [0.3, 0.4) is 0 Å². The topological polar surface area (TPSA) is 6.48 Å². The van der Waals surface area contributed by atoms with Gasteiger partial charge in [0.15, 0.2) is 0 Å². The molecular weight excluding hydrogens is 230 g/mol. The van der Waals surface area contributed by atoms with Crippen molar-refractivity contribution in [3.05, 3.63) is 35.4 Å². The molecule has 5 heteroatoms. The molecule has 1 aliphatic rings. The van der Waals surface area contributed by atoms with Crippen LogP contribution in [0.1, 0.15) is 5.56 Å². The van der Waals surface area contributed by atoms with Crippen LogP contribution < -0.4 is 0 Å². The number of piperazine rings is 1. The van der Waals surface area contributed by atoms with Crippen LogP contribution in [-0.4, -0.2) is 35.4 Å². The summed E-state index contributed by atoms with van der Waals surface area (Å²) in [6, 6.07) is 3.67. The maximum Gasteiger partial charge on any atom is 0.126 e. The fraction of sp³-hybridized carbons (Fsp3) is 0.455. The van der Waals surface area contributed by atoms with Crippen molar-refractivity contribution in [3.63, 3.8) is 0 Å². The molecule has 0 aliphatic carbocycles. The summed E-state index contributed by atoms with van der Waals surface area (Å²) in [5.41, 5.74) is 0.685. The van der Waals surface area contributed by atoms with Crippen LogP contribution in [0.5, 0.6) is 0 Å². The molecule has 0 aromatic heterocycles. The fourth-order valence-electron chi connectivity index (χ4n) is 1.86. The van der Waals surface area contributed by atoms with Gasteiger partial charge < -0.3 is 0 Å². The van der Waals surface area contributed by atoms with Crippen molar-refractivity contribution in [1.29, 1.82) is 0 Å². The van der Waals surface area contributed by atoms with E-state index in [0.29, 0.717) is 12.1 Å². The summed E-state index contributed by atoms with van der Waals surface area (Å²) >= 11 is 4.25. The SMILES string of the molecule is Fc1cc(F)cc(CN2CCN(S)CC2)c1. The molecule has 16 heavy (non-hydrogen) atoms. The van der Waals surface area contributed by atoms with Crippen molar-refractivity contribution in [2.24, 2.45) is 0 Å². The molecule has 1 fully saturated rings. The van der Waals surface area contributed by atoms with Crippen molar-refractivity contribution in [2.45, 2.75) is 6.54 Å². The van der Waals surface area contributed by atoms with Crippen molar-refractivity contribution in [1.82, 2.24) is 9.21 Å². The molecule has 0 spiro atoms. The Morgan fingerprint density at radius 1 is 1.00 bits per heavy atom. The van der Waals surface area contributed by atoms with Crippen LogP contribution in [-0.2, 0) is 6.54 Å². The highest BCUT2D eigenvalue weighted by molar-refractivity contribution is 7.77. The second-order valence-electron chi connectivity index (χ2n) is 4.01. The fourth-order valence-corrected chi connectivity index (χ4v) is 2.03. The summed E-state index contributed by atoms with van der Waals surface area (Å²) in [4.78, 5) is 2.17. The number of rotatable bonds is 2. The van der Waals surface area contributed by atoms with Gasteiger partial charge in [0.2, 0.25) is 0 Å². The van der Waals surface area contributed by atoms with Crippen LogP contribution in [0.15, 0.2) is 18.2 Å². The van der Waals surface area contributed by atoms with E-state index in [1.54, 1.807) is 0 Å². The van der Waals surface area contributed by atoms with Crippen LogP contribution in [0, 0.1) is 11.6 Å². The second-order valence-corrected chi connectivity index (χ2v) is 4.57. The lowest BCUT2D eigenvalue weighted by atomic mass is 10.2. The third-order valence-electron chi connectivity index (χ3n) is 2.68. The van der Waals surface area contributed by atoms with Gasteiger partial charge in [-0.2, -0.15) is 0 Å². The Bertz CT molecular complexity index is 345. The summed E-state index contributed by atoms with van der Waals surface area (Å²) in [5.74, 6) is -1.02. The van der Waals surface area contributed by atoms with Gasteiger partial charge in [0, 0.05) is 38.8 Å². The van der Waals surface area contributed by atoms with Gasteiger partial charge in [-0.3, -0.25) is 9.21 Å². The van der Waals surface area contributed by atoms with Gasteiger partial charge >= 0.3 is 0 Å². The minimum absolute atomic E-state index is 0.511. The van der Waals surface area contributed by atoms with E-state index in [9.17, 15) is 8.78 Å². The molecule has 0 saturated carbocycles. The molecule has 1 saturated heterocycles. The summed E-state index contributed by atoms with van der Waals surface area (Å²) < 4.78 is 27.9. The molecule has 88 valence electrons. The Morgan fingerprint density at radius 3 is 2.12 bits per heavy atom. The lowest BCUT2D eigenvalue weighted by molar-refractivity contribution is 0.190. The maximum atomic E-state index is 13.0. The number of hydrogen-bond donors (Lipinski definition) is 1. The van der Waals surface area contributed by atoms with E-state index in [1.807, 2.05) is 4.31 Å². The summed E-state index contributed by atoms with van der Waals surface area (Å²) in [6.45, 7) is 4.10. The van der Waals surface area contributed by atoms with Gasteiger partial charge in [-0.25, -0.2) is 8.78 Å². The van der Waals surface area contributed by atoms with Gasteiger partial charge in [-0.15, -0.1) is 0 Å². The van der Waals surface area contributed by atoms with Gasteiger partial charge in [0.1, 0.15) is 11.6 Å². The van der Waals surface area contributed by atoms with E-state index in [0.717, 1.165) is 32.2 Å². The second kappa shape index (κ2) is 5.12. The minimum atomic E-state index is -0.511. The molecule has 2 rings (SSSR count). The van der Waals surface area contributed by atoms with Crippen LogP contribution in [0.4, 0.5) is 8.78 Å². The lowest BCUT2D eigenvalue weighted by Gasteiger charge is -2.31. The van der Waals surface area contributed by atoms with Crippen LogP contribution in [0.25, 0.3) is 0 Å². The lowest BCUT2D eigenvalue weighted by Crippen LogP contribution is -2.41. The molecule has 2 nitrogen and oxygen atoms in total. The summed E-state index contributed by atoms with van der Waals surface area (Å²) in [6.07, 6.45) is 0. The Kier molecular flexibility index (Phi) is 3.78. The van der Waals surface area contributed by atoms with Crippen LogP contribution in [0.2, 0.25) is 0 Å². The highest BCUT2D eigenvalue weighted by Gasteiger charge is 2.14. The Hall–Kier alpha value is -0.650. The third kappa shape index (κ3) is 3.17. The van der Waals surface area contributed by atoms with E-state index in [-0.39, 0.29) is 0 Å². The smallest absolute Gasteiger partial charge is 0.126 e. The summed E-state index contributed by atoms with van der Waals surface area (Å²) in [7, 11) is 0. The van der Waals surface area contributed by atoms with Crippen molar-refractivity contribution < 1.29 is 8.78 Å². The first-order valence-electron chi connectivity index (χ1n) is 5.24. The molecule has 0 N–H and O–H groups in total. The van der Waals surface area contributed by atoms with E-state index in [1.165, 1.54) is 12.1 Å². The largest absolute Gasteiger partial charge is 0.296 e. The highest BCUT2D eigenvalue weighted by atomic mass is 32.1. The molecule has 1 aliphatic heterocycles. The average molecular weight is 244 g/mol. The molecule has 1 aromatic carbocycles. The van der Waals surface area contributed by atoms with Gasteiger partial charge in [0.05, 0.1) is 0 Å². The van der Waals surface area contributed by atoms with Crippen molar-refractivity contribution in [2.75, 3.05) is 26.2 Å². The Morgan fingerprint density at radius 2 is 1.56 bits per heavy atom. The molecular formula is C11H14F2N2S. The normalized spacial score (nSPS) is 18.9. The molecule has 0 radical (unpaired) electrons. The van der Waals surface area contributed by atoms with Gasteiger partial charge in [-0.05, 0) is 17.7 Å². The molecule has 0 bridgehead atoms. The molecule has 0 amide bonds. The first kappa shape index (κ1) is 11.8. The standard InChI is InChI=1S/C11H14F2N2S/c12-10-5-9(6-11(13)7-10)8-14-1-3-15(16)4-2-14/h5-7,16H,1-4,8H2. The molecule has 0 atom stereocenters. The van der Waals surface area contributed by atoms with E-state index < -0.39 is 11.6 Å². The van der Waals surface area contributed by atoms with Gasteiger partial charge in [0.25, 0.3) is 0 Å². The van der Waals surface area contributed by atoms with Crippen molar-refractivity contribution >= 4 is 12.8 Å². The monoisotopic (exact) mass is 244 g/mol. The predicted octanol–water partition coefficient (Wildman–Crippen LogP) is 1.93. The minimum Gasteiger partial charge on any atom is -0.296 e. The molecule has 1 aromatic rings. The number of thiol groups is 1. The maximum absolute atomic E-state index is 13.0. The highest BCUT2D eigenvalue weighted by Crippen LogP contribution is 2.12. The molecule has 0 unspecified atom stereocenters. The number of nitrogens with zero attached hydrogens (tertiary/aromatic N) is 2. The zero-order chi connectivity index (χ0) is 11.5. The first-order chi connectivity index (χ1) is 7.63. The van der Waals surface area contributed by atoms with E-state index in [2.05, 4.69) is 17.7 Å². The summed E-state index contributed by atoms with van der Waals surface area (Å²) in [5, 5.41) is 0. The Labute approximate surface area is 99.4 Å². The van der Waals surface area contributed by atoms with E-state index >= 15 is 0 Å². The number of benzene rings is 1. The quantitative estimate of drug-likeness (QED) is 0.794. The first-order valence-corrected chi connectivity index (χ1v) is 5.64. The van der Waals surface area contributed by atoms with Gasteiger partial charge in [-0.1, -0.05) is 12.8 Å². The van der Waals surface area contributed by atoms with E-state index in [4.69, 9.17) is 0 Å². The molecule has 1 heterocycles. The van der Waals surface area contributed by atoms with Crippen molar-refractivity contribution in [3.8, 4) is 0 Å². The predicted molar refractivity (Wildman–Crippen MR) is 62.2 cm³/mol. The Balaban J connectivity index is 1.98. The number of hydrogen-bond acceptors (Lipinski definition) is 3. The van der Waals surface area contributed by atoms with Crippen LogP contribution >= 0.6 is 12.8 Å². The zero-order valence-corrected chi connectivity index (χ0v) is 9.76. The average Bonchev–Trinajstić information content (AvgIpc) is 2.20. The zero-order valence-electron chi connectivity index (χ0n) is 8.87. The number of halogens is 2.